The van der Waals surface area contributed by atoms with E-state index in [1.165, 1.54) is 17.0 Å². The molecule has 0 aromatic heterocycles. The minimum Gasteiger partial charge on any atom is -0.268 e. The van der Waals surface area contributed by atoms with E-state index in [2.05, 4.69) is 0 Å². The fraction of sp³-hybridized carbons (Fsp3) is 0.111. The van der Waals surface area contributed by atoms with Gasteiger partial charge in [0.15, 0.2) is 0 Å². The molecule has 1 saturated heterocycles. The van der Waals surface area contributed by atoms with Crippen LogP contribution in [0.2, 0.25) is 0 Å². The maximum atomic E-state index is 12.9. The molecule has 1 heterocycles. The number of hydrogen-bond donors (Lipinski definition) is 0. The first-order valence-electron chi connectivity index (χ1n) is 7.09. The molecule has 116 valence electrons. The molecule has 0 aliphatic carbocycles. The molecule has 0 unspecified atom stereocenters. The quantitative estimate of drug-likeness (QED) is 0.786. The van der Waals surface area contributed by atoms with Crippen molar-refractivity contribution in [2.24, 2.45) is 0 Å². The van der Waals surface area contributed by atoms with E-state index in [0.29, 0.717) is 10.5 Å². The van der Waals surface area contributed by atoms with Crippen molar-refractivity contribution in [3.05, 3.63) is 75.9 Å². The van der Waals surface area contributed by atoms with Crippen LogP contribution in [0.1, 0.15) is 16.7 Å². The van der Waals surface area contributed by atoms with Crippen LogP contribution in [-0.4, -0.2) is 16.0 Å². The largest absolute Gasteiger partial charge is 0.293 e. The highest BCUT2D eigenvalue weighted by molar-refractivity contribution is 8.18. The third-order valence-corrected chi connectivity index (χ3v) is 4.41. The SMILES string of the molecule is Cc1ccc(/C=C2\SC(=O)N(Cc3ccc(F)cc3)C2=O)cc1. The van der Waals surface area contributed by atoms with Gasteiger partial charge in [0.2, 0.25) is 0 Å². The van der Waals surface area contributed by atoms with Crippen LogP contribution < -0.4 is 0 Å². The minimum absolute atomic E-state index is 0.149. The molecule has 0 N–H and O–H groups in total. The number of nitrogens with zero attached hydrogens (tertiary/aromatic N) is 1. The summed E-state index contributed by atoms with van der Waals surface area (Å²) in [5, 5.41) is -0.308. The number of carbonyl (C=O) groups is 2. The Morgan fingerprint density at radius 3 is 2.35 bits per heavy atom. The molecule has 1 aliphatic heterocycles. The molecule has 2 aromatic carbocycles. The molecule has 23 heavy (non-hydrogen) atoms. The zero-order chi connectivity index (χ0) is 16.4. The Bertz CT molecular complexity index is 782. The van der Waals surface area contributed by atoms with E-state index in [-0.39, 0.29) is 23.5 Å². The fourth-order valence-electron chi connectivity index (χ4n) is 2.22. The van der Waals surface area contributed by atoms with Gasteiger partial charge in [-0.1, -0.05) is 42.0 Å². The van der Waals surface area contributed by atoms with Gasteiger partial charge in [0.1, 0.15) is 5.82 Å². The Balaban J connectivity index is 1.79. The number of rotatable bonds is 3. The van der Waals surface area contributed by atoms with Crippen molar-refractivity contribution >= 4 is 29.0 Å². The van der Waals surface area contributed by atoms with Gasteiger partial charge in [-0.25, -0.2) is 4.39 Å². The number of imide groups is 1. The Labute approximate surface area is 137 Å². The molecule has 5 heteroatoms. The Morgan fingerprint density at radius 1 is 1.04 bits per heavy atom. The second-order valence-electron chi connectivity index (χ2n) is 5.31. The third-order valence-electron chi connectivity index (χ3n) is 3.50. The van der Waals surface area contributed by atoms with Crippen LogP contribution in [0.15, 0.2) is 53.4 Å². The highest BCUT2D eigenvalue weighted by atomic mass is 32.2. The van der Waals surface area contributed by atoms with Gasteiger partial charge in [0, 0.05) is 0 Å². The van der Waals surface area contributed by atoms with Crippen molar-refractivity contribution in [1.82, 2.24) is 4.90 Å². The van der Waals surface area contributed by atoms with Gasteiger partial charge in [-0.2, -0.15) is 0 Å². The van der Waals surface area contributed by atoms with Crippen LogP contribution in [0, 0.1) is 12.7 Å². The summed E-state index contributed by atoms with van der Waals surface area (Å²) < 4.78 is 12.9. The minimum atomic E-state index is -0.345. The second-order valence-corrected chi connectivity index (χ2v) is 6.30. The van der Waals surface area contributed by atoms with E-state index in [4.69, 9.17) is 0 Å². The highest BCUT2D eigenvalue weighted by Gasteiger charge is 2.34. The lowest BCUT2D eigenvalue weighted by atomic mass is 10.1. The van der Waals surface area contributed by atoms with Crippen LogP contribution in [-0.2, 0) is 11.3 Å². The molecule has 1 aliphatic rings. The summed E-state index contributed by atoms with van der Waals surface area (Å²) in [5.74, 6) is -0.660. The third kappa shape index (κ3) is 3.51. The monoisotopic (exact) mass is 327 g/mol. The van der Waals surface area contributed by atoms with E-state index in [9.17, 15) is 14.0 Å². The lowest BCUT2D eigenvalue weighted by Crippen LogP contribution is -2.27. The van der Waals surface area contributed by atoms with Crippen molar-refractivity contribution in [3.63, 3.8) is 0 Å². The van der Waals surface area contributed by atoms with Crippen molar-refractivity contribution in [3.8, 4) is 0 Å². The molecule has 0 saturated carbocycles. The zero-order valence-electron chi connectivity index (χ0n) is 12.5. The van der Waals surface area contributed by atoms with Crippen molar-refractivity contribution in [2.45, 2.75) is 13.5 Å². The molecule has 1 fully saturated rings. The van der Waals surface area contributed by atoms with E-state index in [1.807, 2.05) is 31.2 Å². The average Bonchev–Trinajstić information content (AvgIpc) is 2.79. The second kappa shape index (κ2) is 6.38. The van der Waals surface area contributed by atoms with Gasteiger partial charge >= 0.3 is 0 Å². The van der Waals surface area contributed by atoms with E-state index in [1.54, 1.807) is 18.2 Å². The molecule has 0 radical (unpaired) electrons. The topological polar surface area (TPSA) is 37.4 Å². The van der Waals surface area contributed by atoms with Gasteiger partial charge in [-0.15, -0.1) is 0 Å². The maximum Gasteiger partial charge on any atom is 0.293 e. The predicted octanol–water partition coefficient (Wildman–Crippen LogP) is 4.37. The van der Waals surface area contributed by atoms with Gasteiger partial charge in [-0.05, 0) is 48.0 Å². The zero-order valence-corrected chi connectivity index (χ0v) is 13.3. The van der Waals surface area contributed by atoms with Crippen LogP contribution in [0.4, 0.5) is 9.18 Å². The molecule has 0 bridgehead atoms. The van der Waals surface area contributed by atoms with Crippen LogP contribution in [0.5, 0.6) is 0 Å². The van der Waals surface area contributed by atoms with Gasteiger partial charge < -0.3 is 0 Å². The van der Waals surface area contributed by atoms with Gasteiger partial charge in [0.25, 0.3) is 11.1 Å². The molecule has 0 atom stereocenters. The first-order valence-corrected chi connectivity index (χ1v) is 7.91. The molecular formula is C18H14FNO2S. The Kier molecular flexibility index (Phi) is 4.30. The number of aryl methyl sites for hydroxylation is 1. The summed E-state index contributed by atoms with van der Waals surface area (Å²) >= 11 is 0.928. The molecule has 2 aromatic rings. The normalized spacial score (nSPS) is 16.4. The summed E-state index contributed by atoms with van der Waals surface area (Å²) in [7, 11) is 0. The fourth-order valence-corrected chi connectivity index (χ4v) is 3.06. The lowest BCUT2D eigenvalue weighted by Gasteiger charge is -2.12. The Hall–Kier alpha value is -2.40. The van der Waals surface area contributed by atoms with Crippen molar-refractivity contribution < 1.29 is 14.0 Å². The average molecular weight is 327 g/mol. The van der Waals surface area contributed by atoms with Gasteiger partial charge in [-0.3, -0.25) is 14.5 Å². The number of carbonyl (C=O) groups excluding carboxylic acids is 2. The highest BCUT2D eigenvalue weighted by Crippen LogP contribution is 2.33. The van der Waals surface area contributed by atoms with E-state index >= 15 is 0 Å². The van der Waals surface area contributed by atoms with Crippen molar-refractivity contribution in [2.75, 3.05) is 0 Å². The van der Waals surface area contributed by atoms with Gasteiger partial charge in [0.05, 0.1) is 11.4 Å². The number of hydrogen-bond acceptors (Lipinski definition) is 3. The maximum absolute atomic E-state index is 12.9. The van der Waals surface area contributed by atoms with Crippen LogP contribution in [0.25, 0.3) is 6.08 Å². The summed E-state index contributed by atoms with van der Waals surface area (Å²) in [6.07, 6.45) is 1.72. The lowest BCUT2D eigenvalue weighted by molar-refractivity contribution is -0.123. The van der Waals surface area contributed by atoms with E-state index in [0.717, 1.165) is 22.9 Å². The molecule has 2 amide bonds. The first-order chi connectivity index (χ1) is 11.0. The molecular weight excluding hydrogens is 313 g/mol. The molecule has 3 nitrogen and oxygen atoms in total. The smallest absolute Gasteiger partial charge is 0.268 e. The number of benzene rings is 2. The summed E-state index contributed by atoms with van der Waals surface area (Å²) in [6.45, 7) is 2.14. The van der Waals surface area contributed by atoms with Crippen LogP contribution in [0.3, 0.4) is 0 Å². The van der Waals surface area contributed by atoms with Crippen molar-refractivity contribution in [1.29, 1.82) is 0 Å². The summed E-state index contributed by atoms with van der Waals surface area (Å²) in [5.41, 5.74) is 2.72. The molecule has 0 spiro atoms. The standard InChI is InChI=1S/C18H14FNO2S/c1-12-2-4-13(5-3-12)10-16-17(21)20(18(22)23-16)11-14-6-8-15(19)9-7-14/h2-10H,11H2,1H3/b16-10-. The van der Waals surface area contributed by atoms with Crippen LogP contribution >= 0.6 is 11.8 Å². The molecule has 3 rings (SSSR count). The number of halogens is 1. The predicted molar refractivity (Wildman–Crippen MR) is 89.1 cm³/mol. The summed E-state index contributed by atoms with van der Waals surface area (Å²) in [6, 6.07) is 13.5. The summed E-state index contributed by atoms with van der Waals surface area (Å²) in [4.78, 5) is 26.0. The number of amides is 2. The van der Waals surface area contributed by atoms with E-state index < -0.39 is 0 Å². The number of thioether (sulfide) groups is 1. The first kappa shape index (κ1) is 15.5. The Morgan fingerprint density at radius 2 is 1.70 bits per heavy atom.